The van der Waals surface area contributed by atoms with Crippen molar-refractivity contribution in [3.63, 3.8) is 0 Å². The molecule has 0 bridgehead atoms. The van der Waals surface area contributed by atoms with E-state index >= 15 is 0 Å². The molecule has 3 rings (SSSR count). The number of likely N-dealkylation sites (tertiary alicyclic amines) is 2. The Bertz CT molecular complexity index is 974. The normalized spacial score (nSPS) is 24.8. The van der Waals surface area contributed by atoms with Gasteiger partial charge in [0.1, 0.15) is 11.0 Å². The van der Waals surface area contributed by atoms with E-state index in [1.54, 1.807) is 11.0 Å². The minimum absolute atomic E-state index is 0.112. The first-order valence-corrected chi connectivity index (χ1v) is 12.5. The maximum atomic E-state index is 13.4. The van der Waals surface area contributed by atoms with Crippen LogP contribution in [-0.4, -0.2) is 70.5 Å². The monoisotopic (exact) mass is 510 g/mol. The summed E-state index contributed by atoms with van der Waals surface area (Å²) in [5, 5.41) is 9.38. The van der Waals surface area contributed by atoms with E-state index in [0.29, 0.717) is 19.6 Å². The average Bonchev–Trinajstić information content (AvgIpc) is 3.12. The van der Waals surface area contributed by atoms with Crippen molar-refractivity contribution in [3.05, 3.63) is 23.8 Å². The number of piperidine rings is 1. The number of alkyl halides is 3. The van der Waals surface area contributed by atoms with E-state index in [4.69, 9.17) is 4.74 Å². The fourth-order valence-corrected chi connectivity index (χ4v) is 5.08. The molecule has 200 valence electrons. The van der Waals surface area contributed by atoms with Gasteiger partial charge in [-0.15, -0.1) is 0 Å². The molecule has 6 nitrogen and oxygen atoms in total. The Labute approximate surface area is 211 Å². The number of carbonyl (C=O) groups excluding carboxylic acids is 1. The van der Waals surface area contributed by atoms with Crippen molar-refractivity contribution in [2.75, 3.05) is 26.2 Å². The summed E-state index contributed by atoms with van der Waals surface area (Å²) in [5.41, 5.74) is -2.79. The molecule has 0 saturated carbocycles. The van der Waals surface area contributed by atoms with Crippen LogP contribution in [0, 0.1) is 29.1 Å². The van der Waals surface area contributed by atoms with Gasteiger partial charge in [0, 0.05) is 37.0 Å². The van der Waals surface area contributed by atoms with Crippen LogP contribution >= 0.6 is 0 Å². The highest BCUT2D eigenvalue weighted by molar-refractivity contribution is 5.77. The topological polar surface area (TPSA) is 70.1 Å². The van der Waals surface area contributed by atoms with Gasteiger partial charge in [0.05, 0.1) is 5.57 Å². The lowest BCUT2D eigenvalue weighted by Gasteiger charge is -2.46. The summed E-state index contributed by atoms with van der Waals surface area (Å²) in [6.07, 6.45) is 2.49. The van der Waals surface area contributed by atoms with Crippen LogP contribution in [0.5, 0.6) is 0 Å². The van der Waals surface area contributed by atoms with Crippen LogP contribution in [0.3, 0.4) is 0 Å². The molecule has 1 amide bonds. The molecule has 2 heterocycles. The van der Waals surface area contributed by atoms with Gasteiger partial charge in [0.25, 0.3) is 0 Å². The van der Waals surface area contributed by atoms with Crippen LogP contribution in [0.15, 0.2) is 23.8 Å². The van der Waals surface area contributed by atoms with Gasteiger partial charge in [-0.25, -0.2) is 4.79 Å². The third-order valence-corrected chi connectivity index (χ3v) is 7.27. The molecule has 0 aromatic rings. The summed E-state index contributed by atoms with van der Waals surface area (Å²) in [4.78, 5) is 28.0. The summed E-state index contributed by atoms with van der Waals surface area (Å²) in [6.45, 7) is 10.9. The maximum Gasteiger partial charge on any atom is 0.416 e. The molecule has 9 heteroatoms. The number of aliphatic carboxylic acids is 1. The molecule has 1 aliphatic carbocycles. The number of carbonyl (C=O) groups is 2. The standard InChI is InChI=1S/C27H37F3N2O4/c1-24(2,3)36-23(35)31-15-12-26(13-16-31)10-6-14-32(26)18-20-7-8-21(27(28,29)30)17-19(20)9-11-25(4,5)22(33)34/h7-8,17,19-20H,6,10,12-16,18H2,1-5H3,(H,33,34). The number of allylic oxidation sites excluding steroid dienone is 3. The van der Waals surface area contributed by atoms with Crippen molar-refractivity contribution in [2.24, 2.45) is 17.3 Å². The minimum Gasteiger partial charge on any atom is -0.480 e. The van der Waals surface area contributed by atoms with Gasteiger partial charge in [0.15, 0.2) is 0 Å². The Morgan fingerprint density at radius 2 is 1.75 bits per heavy atom. The van der Waals surface area contributed by atoms with E-state index in [1.807, 2.05) is 20.8 Å². The van der Waals surface area contributed by atoms with Crippen LogP contribution < -0.4 is 0 Å². The number of hydrogen-bond acceptors (Lipinski definition) is 4. The van der Waals surface area contributed by atoms with Gasteiger partial charge >= 0.3 is 18.2 Å². The van der Waals surface area contributed by atoms with E-state index in [0.717, 1.165) is 44.4 Å². The quantitative estimate of drug-likeness (QED) is 0.525. The molecule has 0 aromatic heterocycles. The van der Waals surface area contributed by atoms with Crippen LogP contribution in [0.25, 0.3) is 0 Å². The Morgan fingerprint density at radius 1 is 1.11 bits per heavy atom. The lowest BCUT2D eigenvalue weighted by molar-refractivity contribution is -0.143. The molecule has 0 radical (unpaired) electrons. The molecular weight excluding hydrogens is 473 g/mol. The fraction of sp³-hybridized carbons (Fsp3) is 0.704. The molecular formula is C27H37F3N2O4. The number of ether oxygens (including phenoxy) is 1. The predicted molar refractivity (Wildman–Crippen MR) is 130 cm³/mol. The first kappa shape index (κ1) is 28.1. The molecule has 2 unspecified atom stereocenters. The number of nitrogens with zero attached hydrogens (tertiary/aromatic N) is 2. The van der Waals surface area contributed by atoms with Crippen LogP contribution in [-0.2, 0) is 9.53 Å². The summed E-state index contributed by atoms with van der Waals surface area (Å²) < 4.78 is 45.8. The highest BCUT2D eigenvalue weighted by atomic mass is 19.4. The average molecular weight is 511 g/mol. The number of amides is 1. The Kier molecular flexibility index (Phi) is 7.90. The summed E-state index contributed by atoms with van der Waals surface area (Å²) in [6, 6.07) is 0. The van der Waals surface area contributed by atoms with Crippen molar-refractivity contribution in [1.82, 2.24) is 9.80 Å². The first-order chi connectivity index (χ1) is 16.5. The molecule has 3 aliphatic rings. The number of rotatable bonds is 3. The third-order valence-electron chi connectivity index (χ3n) is 7.27. The first-order valence-electron chi connectivity index (χ1n) is 12.5. The zero-order valence-electron chi connectivity index (χ0n) is 21.7. The second kappa shape index (κ2) is 10.1. The molecule has 2 saturated heterocycles. The number of carboxylic acids is 1. The second-order valence-corrected chi connectivity index (χ2v) is 11.6. The van der Waals surface area contributed by atoms with Crippen molar-refractivity contribution < 1.29 is 32.6 Å². The number of halogens is 3. The Hall–Kier alpha value is -2.47. The summed E-state index contributed by atoms with van der Waals surface area (Å²) in [5.74, 6) is 3.38. The highest BCUT2D eigenvalue weighted by Gasteiger charge is 2.45. The summed E-state index contributed by atoms with van der Waals surface area (Å²) in [7, 11) is 0. The minimum atomic E-state index is -4.49. The molecule has 2 aliphatic heterocycles. The van der Waals surface area contributed by atoms with E-state index < -0.39 is 34.7 Å². The highest BCUT2D eigenvalue weighted by Crippen LogP contribution is 2.41. The fourth-order valence-electron chi connectivity index (χ4n) is 5.08. The SMILES string of the molecule is CC(C)(C)OC(=O)N1CCC2(CCCN2CC2C=CC(C(F)(F)F)=CC2C#CC(C)(C)C(=O)O)CC1. The lowest BCUT2D eigenvalue weighted by Crippen LogP contribution is -2.55. The second-order valence-electron chi connectivity index (χ2n) is 11.6. The van der Waals surface area contributed by atoms with Crippen molar-refractivity contribution in [2.45, 2.75) is 77.6 Å². The van der Waals surface area contributed by atoms with E-state index in [2.05, 4.69) is 16.7 Å². The van der Waals surface area contributed by atoms with Crippen molar-refractivity contribution in [3.8, 4) is 11.8 Å². The van der Waals surface area contributed by atoms with Crippen LogP contribution in [0.1, 0.15) is 60.3 Å². The number of hydrogen-bond donors (Lipinski definition) is 1. The van der Waals surface area contributed by atoms with Gasteiger partial charge in [-0.1, -0.05) is 30.1 Å². The van der Waals surface area contributed by atoms with Gasteiger partial charge in [0.2, 0.25) is 0 Å². The van der Waals surface area contributed by atoms with E-state index in [1.165, 1.54) is 13.8 Å². The van der Waals surface area contributed by atoms with Crippen LogP contribution in [0.2, 0.25) is 0 Å². The molecule has 0 aromatic carbocycles. The van der Waals surface area contributed by atoms with E-state index in [9.17, 15) is 27.9 Å². The van der Waals surface area contributed by atoms with Gasteiger partial charge < -0.3 is 14.7 Å². The zero-order chi connectivity index (χ0) is 26.9. The smallest absolute Gasteiger partial charge is 0.416 e. The van der Waals surface area contributed by atoms with Gasteiger partial charge in [-0.3, -0.25) is 9.69 Å². The molecule has 1 spiro atoms. The molecule has 36 heavy (non-hydrogen) atoms. The van der Waals surface area contributed by atoms with Gasteiger partial charge in [-0.2, -0.15) is 13.2 Å². The third kappa shape index (κ3) is 6.64. The van der Waals surface area contributed by atoms with Gasteiger partial charge in [-0.05, 0) is 66.8 Å². The Morgan fingerprint density at radius 3 is 2.31 bits per heavy atom. The maximum absolute atomic E-state index is 13.4. The number of carboxylic acid groups (broad SMARTS) is 1. The van der Waals surface area contributed by atoms with Crippen LogP contribution in [0.4, 0.5) is 18.0 Å². The van der Waals surface area contributed by atoms with Crippen molar-refractivity contribution in [1.29, 1.82) is 0 Å². The molecule has 2 atom stereocenters. The zero-order valence-corrected chi connectivity index (χ0v) is 21.7. The molecule has 2 fully saturated rings. The largest absolute Gasteiger partial charge is 0.480 e. The predicted octanol–water partition coefficient (Wildman–Crippen LogP) is 5.26. The molecule has 1 N–H and O–H groups in total. The van der Waals surface area contributed by atoms with Crippen molar-refractivity contribution >= 4 is 12.1 Å². The Balaban J connectivity index is 1.76. The van der Waals surface area contributed by atoms with E-state index in [-0.39, 0.29) is 17.6 Å². The summed E-state index contributed by atoms with van der Waals surface area (Å²) >= 11 is 0. The lowest BCUT2D eigenvalue weighted by atomic mass is 9.81.